The molecule has 1 saturated heterocycles. The minimum Gasteiger partial charge on any atom is -0.489 e. The van der Waals surface area contributed by atoms with Crippen LogP contribution < -0.4 is 25.2 Å². The van der Waals surface area contributed by atoms with Crippen molar-refractivity contribution in [2.75, 3.05) is 48.5 Å². The van der Waals surface area contributed by atoms with E-state index in [-0.39, 0.29) is 43.2 Å². The summed E-state index contributed by atoms with van der Waals surface area (Å²) in [5.41, 5.74) is 1.02. The van der Waals surface area contributed by atoms with E-state index in [0.29, 0.717) is 66.8 Å². The molecular weight excluding hydrogens is 566 g/mol. The molecule has 13 nitrogen and oxygen atoms in total. The molecule has 1 saturated carbocycles. The molecule has 2 aliphatic heterocycles. The van der Waals surface area contributed by atoms with E-state index in [9.17, 15) is 19.5 Å². The Morgan fingerprint density at radius 3 is 2.50 bits per heavy atom. The number of anilines is 4. The second-order valence-corrected chi connectivity index (χ2v) is 12.5. The Morgan fingerprint density at radius 2 is 1.86 bits per heavy atom. The van der Waals surface area contributed by atoms with Crippen molar-refractivity contribution in [1.29, 1.82) is 0 Å². The lowest BCUT2D eigenvalue weighted by Gasteiger charge is -2.46. The summed E-state index contributed by atoms with van der Waals surface area (Å²) in [5, 5.41) is 15.6. The summed E-state index contributed by atoms with van der Waals surface area (Å²) in [5.74, 6) is 1.10. The molecule has 1 atom stereocenters. The van der Waals surface area contributed by atoms with Crippen LogP contribution in [-0.4, -0.2) is 95.0 Å². The predicted octanol–water partition coefficient (Wildman–Crippen LogP) is 3.44. The Balaban J connectivity index is 1.40. The summed E-state index contributed by atoms with van der Waals surface area (Å²) in [6.07, 6.45) is 5.16. The number of hydrogen-bond acceptors (Lipinski definition) is 10. The van der Waals surface area contributed by atoms with Gasteiger partial charge in [0.2, 0.25) is 11.9 Å². The van der Waals surface area contributed by atoms with Crippen molar-refractivity contribution < 1.29 is 29.0 Å². The van der Waals surface area contributed by atoms with E-state index < -0.39 is 11.6 Å². The molecular formula is C31H43N7O6. The number of hydrogen-bond donors (Lipinski definition) is 3. The van der Waals surface area contributed by atoms with Gasteiger partial charge in [-0.25, -0.2) is 9.78 Å². The van der Waals surface area contributed by atoms with Crippen molar-refractivity contribution >= 4 is 41.0 Å². The lowest BCUT2D eigenvalue weighted by molar-refractivity contribution is -0.120. The maximum atomic E-state index is 13.4. The number of ether oxygens (including phenoxy) is 2. The summed E-state index contributed by atoms with van der Waals surface area (Å²) in [4.78, 5) is 53.6. The fraction of sp³-hybridized carbons (Fsp3) is 0.581. The highest BCUT2D eigenvalue weighted by Gasteiger charge is 2.42. The van der Waals surface area contributed by atoms with Crippen molar-refractivity contribution in [2.24, 2.45) is 0 Å². The number of carbonyl (C=O) groups excluding carboxylic acids is 3. The van der Waals surface area contributed by atoms with Gasteiger partial charge in [0.15, 0.2) is 5.82 Å². The van der Waals surface area contributed by atoms with Crippen molar-refractivity contribution in [3.63, 3.8) is 0 Å². The van der Waals surface area contributed by atoms with Gasteiger partial charge in [-0.2, -0.15) is 4.98 Å². The third-order valence-electron chi connectivity index (χ3n) is 7.96. The number of benzene rings is 1. The first-order chi connectivity index (χ1) is 21.0. The number of piperidine rings is 1. The van der Waals surface area contributed by atoms with Crippen LogP contribution in [0.3, 0.4) is 0 Å². The maximum Gasteiger partial charge on any atom is 0.410 e. The van der Waals surface area contributed by atoms with Crippen LogP contribution in [-0.2, 0) is 9.53 Å². The van der Waals surface area contributed by atoms with Crippen molar-refractivity contribution in [2.45, 2.75) is 83.5 Å². The lowest BCUT2D eigenvalue weighted by atomic mass is 9.97. The lowest BCUT2D eigenvalue weighted by Crippen LogP contribution is -2.58. The first-order valence-electron chi connectivity index (χ1n) is 15.4. The Labute approximate surface area is 257 Å². The van der Waals surface area contributed by atoms with E-state index in [1.807, 2.05) is 27.7 Å². The number of nitrogens with one attached hydrogen (secondary N) is 2. The minimum absolute atomic E-state index is 0.0227. The van der Waals surface area contributed by atoms with Crippen LogP contribution in [0.2, 0.25) is 0 Å². The highest BCUT2D eigenvalue weighted by Crippen LogP contribution is 2.39. The van der Waals surface area contributed by atoms with Gasteiger partial charge in [-0.05, 0) is 71.1 Å². The monoisotopic (exact) mass is 609 g/mol. The van der Waals surface area contributed by atoms with Crippen LogP contribution in [0.1, 0.15) is 70.2 Å². The second-order valence-electron chi connectivity index (χ2n) is 12.5. The molecule has 44 heavy (non-hydrogen) atoms. The van der Waals surface area contributed by atoms with Crippen molar-refractivity contribution in [1.82, 2.24) is 20.2 Å². The van der Waals surface area contributed by atoms with Crippen molar-refractivity contribution in [3.8, 4) is 5.75 Å². The van der Waals surface area contributed by atoms with E-state index in [2.05, 4.69) is 20.5 Å². The number of aromatic nitrogens is 2. The van der Waals surface area contributed by atoms with Crippen LogP contribution in [0, 0.1) is 0 Å². The number of aliphatic hydroxyl groups excluding tert-OH is 1. The molecule has 3 amide bonds. The quantitative estimate of drug-likeness (QED) is 0.386. The van der Waals surface area contributed by atoms with Gasteiger partial charge in [-0.15, -0.1) is 0 Å². The highest BCUT2D eigenvalue weighted by atomic mass is 16.6. The normalized spacial score (nSPS) is 19.0. The van der Waals surface area contributed by atoms with E-state index in [1.54, 1.807) is 41.2 Å². The van der Waals surface area contributed by atoms with Gasteiger partial charge in [-0.1, -0.05) is 6.92 Å². The molecule has 2 fully saturated rings. The SMILES string of the molecule is CCC1C(=O)N(C)c2cnc(Nc3ccc(C(=O)NC4CC4)cc3OCCO)nc2N1C1CCN(C(=O)OC(C)(C)C)CC1. The van der Waals surface area contributed by atoms with Gasteiger partial charge < -0.3 is 39.9 Å². The van der Waals surface area contributed by atoms with Gasteiger partial charge in [-0.3, -0.25) is 9.59 Å². The fourth-order valence-electron chi connectivity index (χ4n) is 5.57. The molecule has 5 rings (SSSR count). The number of fused-ring (bicyclic) bond motifs is 1. The first-order valence-corrected chi connectivity index (χ1v) is 15.4. The number of amides is 3. The second kappa shape index (κ2) is 12.8. The Kier molecular flexibility index (Phi) is 9.14. The summed E-state index contributed by atoms with van der Waals surface area (Å²) < 4.78 is 11.3. The largest absolute Gasteiger partial charge is 0.489 e. The standard InChI is InChI=1S/C31H43N7O6/c1-6-23-28(41)36(5)24-18-32-29(34-22-10-7-19(17-25(22)43-16-15-39)27(40)33-20-8-9-20)35-26(24)38(23)21-11-13-37(14-12-21)30(42)44-31(2,3)4/h7,10,17-18,20-21,23,39H,6,8-9,11-16H2,1-5H3,(H,33,40)(H,32,34,35). The molecule has 13 heteroatoms. The molecule has 3 aliphatic rings. The van der Waals surface area contributed by atoms with Crippen LogP contribution in [0.5, 0.6) is 5.75 Å². The number of nitrogens with zero attached hydrogens (tertiary/aromatic N) is 5. The summed E-state index contributed by atoms with van der Waals surface area (Å²) in [6.45, 7) is 8.41. The number of aliphatic hydroxyl groups is 1. The van der Waals surface area contributed by atoms with Crippen molar-refractivity contribution in [3.05, 3.63) is 30.0 Å². The smallest absolute Gasteiger partial charge is 0.410 e. The average Bonchev–Trinajstić information content (AvgIpc) is 3.81. The molecule has 238 valence electrons. The van der Waals surface area contributed by atoms with Gasteiger partial charge in [0.05, 0.1) is 18.5 Å². The summed E-state index contributed by atoms with van der Waals surface area (Å²) in [7, 11) is 1.73. The Morgan fingerprint density at radius 1 is 1.14 bits per heavy atom. The summed E-state index contributed by atoms with van der Waals surface area (Å²) >= 11 is 0. The zero-order chi connectivity index (χ0) is 31.6. The molecule has 3 heterocycles. The van der Waals surface area contributed by atoms with Crippen LogP contribution >= 0.6 is 0 Å². The highest BCUT2D eigenvalue weighted by molar-refractivity contribution is 6.04. The molecule has 0 bridgehead atoms. The summed E-state index contributed by atoms with van der Waals surface area (Å²) in [6, 6.07) is 4.85. The van der Waals surface area contributed by atoms with Gasteiger partial charge in [0.25, 0.3) is 5.91 Å². The zero-order valence-corrected chi connectivity index (χ0v) is 26.1. The van der Waals surface area contributed by atoms with E-state index in [4.69, 9.17) is 14.5 Å². The average molecular weight is 610 g/mol. The van der Waals surface area contributed by atoms with E-state index in [0.717, 1.165) is 12.8 Å². The molecule has 0 spiro atoms. The van der Waals surface area contributed by atoms with Gasteiger partial charge in [0, 0.05) is 37.8 Å². The Bertz CT molecular complexity index is 1380. The van der Waals surface area contributed by atoms with Crippen LogP contribution in [0.25, 0.3) is 0 Å². The predicted molar refractivity (Wildman–Crippen MR) is 166 cm³/mol. The van der Waals surface area contributed by atoms with Gasteiger partial charge >= 0.3 is 6.09 Å². The zero-order valence-electron chi connectivity index (χ0n) is 26.1. The topological polar surface area (TPSA) is 149 Å². The molecule has 3 N–H and O–H groups in total. The fourth-order valence-corrected chi connectivity index (χ4v) is 5.57. The molecule has 0 radical (unpaired) electrons. The van der Waals surface area contributed by atoms with Crippen LogP contribution in [0.15, 0.2) is 24.4 Å². The maximum absolute atomic E-state index is 13.4. The Hall–Kier alpha value is -4.13. The van der Waals surface area contributed by atoms with Gasteiger partial charge in [0.1, 0.15) is 29.7 Å². The molecule has 1 aliphatic carbocycles. The molecule has 2 aromatic rings. The number of likely N-dealkylation sites (tertiary alicyclic amines) is 1. The number of carbonyl (C=O) groups is 3. The molecule has 1 aromatic heterocycles. The minimum atomic E-state index is -0.573. The molecule has 1 aromatic carbocycles. The third-order valence-corrected chi connectivity index (χ3v) is 7.96. The number of likely N-dealkylation sites (N-methyl/N-ethyl adjacent to an activating group) is 1. The first kappa shape index (κ1) is 31.3. The van der Waals surface area contributed by atoms with E-state index >= 15 is 0 Å². The van der Waals surface area contributed by atoms with E-state index in [1.165, 1.54) is 0 Å². The number of rotatable bonds is 9. The third kappa shape index (κ3) is 6.98. The van der Waals surface area contributed by atoms with Crippen LogP contribution in [0.4, 0.5) is 27.9 Å². The molecule has 1 unspecified atom stereocenters.